The topological polar surface area (TPSA) is 123 Å². The number of benzene rings is 1. The lowest BCUT2D eigenvalue weighted by molar-refractivity contribution is 0.100. The first-order chi connectivity index (χ1) is 6.32. The van der Waals surface area contributed by atoms with Crippen molar-refractivity contribution in [2.24, 2.45) is 5.73 Å². The number of anilines is 1. The third kappa shape index (κ3) is 2.01. The molecule has 1 amide bonds. The van der Waals surface area contributed by atoms with E-state index in [1.807, 2.05) is 0 Å². The van der Waals surface area contributed by atoms with E-state index < -0.39 is 20.9 Å². The molecule has 1 rings (SSSR count). The Labute approximate surface area is 80.3 Å². The zero-order valence-electron chi connectivity index (χ0n) is 6.97. The smallest absolute Gasteiger partial charge is 0.294 e. The number of carbonyl (C=O) groups excluding carboxylic acids is 1. The van der Waals surface area contributed by atoms with Crippen molar-refractivity contribution in [1.29, 1.82) is 0 Å². The molecule has 5 N–H and O–H groups in total. The lowest BCUT2D eigenvalue weighted by atomic mass is 10.2. The Morgan fingerprint density at radius 1 is 1.36 bits per heavy atom. The molecule has 0 radical (unpaired) electrons. The molecule has 76 valence electrons. The van der Waals surface area contributed by atoms with E-state index in [0.29, 0.717) is 0 Å². The molecule has 0 bridgehead atoms. The molecule has 1 aromatic rings. The minimum Gasteiger partial charge on any atom is -0.398 e. The van der Waals surface area contributed by atoms with Gasteiger partial charge in [-0.25, -0.2) is 0 Å². The molecule has 0 aliphatic rings. The van der Waals surface area contributed by atoms with Crippen LogP contribution in [0.5, 0.6) is 0 Å². The third-order valence-corrected chi connectivity index (χ3v) is 2.44. The summed E-state index contributed by atoms with van der Waals surface area (Å²) in [4.78, 5) is 10.4. The molecule has 14 heavy (non-hydrogen) atoms. The number of amides is 1. The summed E-state index contributed by atoms with van der Waals surface area (Å²) in [6.07, 6.45) is 0. The Hall–Kier alpha value is -1.60. The highest BCUT2D eigenvalue weighted by molar-refractivity contribution is 7.85. The van der Waals surface area contributed by atoms with Crippen molar-refractivity contribution in [3.8, 4) is 0 Å². The Morgan fingerprint density at radius 3 is 2.36 bits per heavy atom. The fourth-order valence-corrected chi connectivity index (χ4v) is 1.42. The predicted molar refractivity (Wildman–Crippen MR) is 49.2 cm³/mol. The molecule has 0 heterocycles. The quantitative estimate of drug-likeness (QED) is 0.459. The Morgan fingerprint density at radius 2 is 1.93 bits per heavy atom. The first-order valence-corrected chi connectivity index (χ1v) is 4.93. The lowest BCUT2D eigenvalue weighted by Crippen LogP contribution is -2.14. The number of nitrogens with two attached hydrogens (primary N) is 2. The first kappa shape index (κ1) is 10.5. The highest BCUT2D eigenvalue weighted by Crippen LogP contribution is 2.16. The van der Waals surface area contributed by atoms with Crippen LogP contribution in [0.25, 0.3) is 0 Å². The second-order valence-electron chi connectivity index (χ2n) is 2.59. The van der Waals surface area contributed by atoms with Gasteiger partial charge in [0.15, 0.2) is 0 Å². The van der Waals surface area contributed by atoms with Crippen LogP contribution in [-0.2, 0) is 10.1 Å². The Bertz CT molecular complexity index is 480. The Balaban J connectivity index is 3.42. The zero-order valence-corrected chi connectivity index (χ0v) is 7.78. The zero-order chi connectivity index (χ0) is 10.9. The molecular formula is C7H8N2O4S. The second-order valence-corrected chi connectivity index (χ2v) is 4.01. The number of carbonyl (C=O) groups is 1. The van der Waals surface area contributed by atoms with Gasteiger partial charge in [0.2, 0.25) is 0 Å². The van der Waals surface area contributed by atoms with E-state index >= 15 is 0 Å². The maximum absolute atomic E-state index is 10.8. The van der Waals surface area contributed by atoms with Crippen LogP contribution >= 0.6 is 0 Å². The van der Waals surface area contributed by atoms with Crippen LogP contribution in [0.15, 0.2) is 23.1 Å². The van der Waals surface area contributed by atoms with Crippen molar-refractivity contribution >= 4 is 21.7 Å². The molecular weight excluding hydrogens is 208 g/mol. The Kier molecular flexibility index (Phi) is 2.45. The predicted octanol–water partition coefficient (Wildman–Crippen LogP) is -0.386. The van der Waals surface area contributed by atoms with Crippen LogP contribution < -0.4 is 11.5 Å². The molecule has 0 spiro atoms. The number of hydrogen-bond donors (Lipinski definition) is 3. The monoisotopic (exact) mass is 216 g/mol. The normalized spacial score (nSPS) is 11.2. The maximum Gasteiger partial charge on any atom is 0.294 e. The van der Waals surface area contributed by atoms with E-state index in [9.17, 15) is 13.2 Å². The summed E-state index contributed by atoms with van der Waals surface area (Å²) in [6.45, 7) is 0. The summed E-state index contributed by atoms with van der Waals surface area (Å²) in [7, 11) is -4.34. The molecule has 0 saturated heterocycles. The van der Waals surface area contributed by atoms with Crippen molar-refractivity contribution in [1.82, 2.24) is 0 Å². The molecule has 0 fully saturated rings. The lowest BCUT2D eigenvalue weighted by Gasteiger charge is -2.03. The average Bonchev–Trinajstić information content (AvgIpc) is 2.02. The second kappa shape index (κ2) is 3.28. The van der Waals surface area contributed by atoms with Crippen LogP contribution in [0.3, 0.4) is 0 Å². The summed E-state index contributed by atoms with van der Waals surface area (Å²) in [6, 6.07) is 3.19. The number of hydrogen-bond acceptors (Lipinski definition) is 4. The summed E-state index contributed by atoms with van der Waals surface area (Å²) in [5.41, 5.74) is 10.2. The van der Waals surface area contributed by atoms with Crippen molar-refractivity contribution in [3.05, 3.63) is 23.8 Å². The molecule has 7 heteroatoms. The summed E-state index contributed by atoms with van der Waals surface area (Å²) in [5.74, 6) is -0.854. The maximum atomic E-state index is 10.8. The number of nitrogen functional groups attached to an aromatic ring is 1. The summed E-state index contributed by atoms with van der Waals surface area (Å²) < 4.78 is 30.0. The fourth-order valence-electron chi connectivity index (χ4n) is 0.909. The van der Waals surface area contributed by atoms with Gasteiger partial charge in [0, 0.05) is 5.69 Å². The standard InChI is InChI=1S/C7H8N2O4S/c8-6-2-1-4(14(11,12)13)3-5(6)7(9)10/h1-3H,8H2,(H2,9,10)(H,11,12,13). The minimum absolute atomic E-state index is 0.0601. The van der Waals surface area contributed by atoms with E-state index in [2.05, 4.69) is 0 Å². The van der Waals surface area contributed by atoms with Crippen molar-refractivity contribution < 1.29 is 17.8 Å². The van der Waals surface area contributed by atoms with E-state index in [0.717, 1.165) is 12.1 Å². The summed E-state index contributed by atoms with van der Waals surface area (Å²) >= 11 is 0. The van der Waals surface area contributed by atoms with Crippen molar-refractivity contribution in [2.45, 2.75) is 4.90 Å². The van der Waals surface area contributed by atoms with Crippen molar-refractivity contribution in [2.75, 3.05) is 5.73 Å². The minimum atomic E-state index is -4.34. The molecule has 1 aromatic carbocycles. The molecule has 0 saturated carbocycles. The number of rotatable bonds is 2. The van der Waals surface area contributed by atoms with Gasteiger partial charge in [-0.1, -0.05) is 0 Å². The van der Waals surface area contributed by atoms with Gasteiger partial charge in [-0.05, 0) is 18.2 Å². The van der Waals surface area contributed by atoms with Crippen LogP contribution in [-0.4, -0.2) is 18.9 Å². The van der Waals surface area contributed by atoms with Gasteiger partial charge in [0.1, 0.15) is 0 Å². The first-order valence-electron chi connectivity index (χ1n) is 3.49. The van der Waals surface area contributed by atoms with Gasteiger partial charge >= 0.3 is 0 Å². The highest BCUT2D eigenvalue weighted by Gasteiger charge is 2.13. The van der Waals surface area contributed by atoms with Crippen LogP contribution in [0, 0.1) is 0 Å². The fraction of sp³-hybridized carbons (Fsp3) is 0. The van der Waals surface area contributed by atoms with Gasteiger partial charge in [-0.15, -0.1) is 0 Å². The molecule has 0 aromatic heterocycles. The van der Waals surface area contributed by atoms with E-state index in [1.54, 1.807) is 0 Å². The largest absolute Gasteiger partial charge is 0.398 e. The van der Waals surface area contributed by atoms with Gasteiger partial charge in [0.05, 0.1) is 10.5 Å². The van der Waals surface area contributed by atoms with Gasteiger partial charge in [0.25, 0.3) is 16.0 Å². The molecule has 0 aliphatic carbocycles. The third-order valence-electron chi connectivity index (χ3n) is 1.59. The number of primary amides is 1. The molecule has 0 aliphatic heterocycles. The van der Waals surface area contributed by atoms with Crippen molar-refractivity contribution in [3.63, 3.8) is 0 Å². The van der Waals surface area contributed by atoms with Gasteiger partial charge in [-0.3, -0.25) is 9.35 Å². The SMILES string of the molecule is NC(=O)c1cc(S(=O)(=O)O)ccc1N. The van der Waals surface area contributed by atoms with E-state index in [1.165, 1.54) is 6.07 Å². The van der Waals surface area contributed by atoms with E-state index in [4.69, 9.17) is 16.0 Å². The van der Waals surface area contributed by atoms with Crippen LogP contribution in [0.1, 0.15) is 10.4 Å². The molecule has 0 unspecified atom stereocenters. The molecule has 0 atom stereocenters. The molecule has 6 nitrogen and oxygen atoms in total. The van der Waals surface area contributed by atoms with Gasteiger partial charge < -0.3 is 11.5 Å². The highest BCUT2D eigenvalue weighted by atomic mass is 32.2. The van der Waals surface area contributed by atoms with E-state index in [-0.39, 0.29) is 11.3 Å². The summed E-state index contributed by atoms with van der Waals surface area (Å²) in [5, 5.41) is 0. The van der Waals surface area contributed by atoms with Gasteiger partial charge in [-0.2, -0.15) is 8.42 Å². The van der Waals surface area contributed by atoms with Crippen LogP contribution in [0.4, 0.5) is 5.69 Å². The van der Waals surface area contributed by atoms with Crippen LogP contribution in [0.2, 0.25) is 0 Å². The average molecular weight is 216 g/mol.